The number of carbonyl (C=O) groups is 1. The Kier molecular flexibility index (Phi) is 5.45. The number of nitrogens with one attached hydrogen (secondary N) is 1. The molecule has 11 nitrogen and oxygen atoms in total. The van der Waals surface area contributed by atoms with Crippen LogP contribution in [0, 0.1) is 0 Å². The summed E-state index contributed by atoms with van der Waals surface area (Å²) in [7, 11) is 1.49. The molecule has 14 heteroatoms. The van der Waals surface area contributed by atoms with E-state index in [0.29, 0.717) is 17.1 Å². The minimum absolute atomic E-state index is 0.00951. The van der Waals surface area contributed by atoms with Gasteiger partial charge in [-0.3, -0.25) is 9.78 Å². The number of methoxy groups -OCH3 is 1. The SMILES string of the molecule is COc1ccc(C2(C)C(=O)Nc3nc(-c4cn5ncnc5c(CCCC(F)(F)F)n4)nc(O)c32)nc1. The fraction of sp³-hybridized carbons (Fsp3) is 0.318. The number of hydrogen-bond donors (Lipinski definition) is 2. The van der Waals surface area contributed by atoms with E-state index in [9.17, 15) is 23.1 Å². The van der Waals surface area contributed by atoms with Crippen LogP contribution in [0.25, 0.3) is 17.2 Å². The fourth-order valence-corrected chi connectivity index (χ4v) is 4.12. The molecule has 2 N–H and O–H groups in total. The van der Waals surface area contributed by atoms with Crippen molar-refractivity contribution in [1.82, 2.24) is 34.5 Å². The largest absolute Gasteiger partial charge is 0.495 e. The lowest BCUT2D eigenvalue weighted by atomic mass is 9.81. The number of ether oxygens (including phenoxy) is 1. The van der Waals surface area contributed by atoms with Crippen LogP contribution in [0.4, 0.5) is 19.0 Å². The molecule has 1 aliphatic heterocycles. The lowest BCUT2D eigenvalue weighted by molar-refractivity contribution is -0.135. The van der Waals surface area contributed by atoms with Crippen LogP contribution in [0.5, 0.6) is 11.6 Å². The first-order valence-electron chi connectivity index (χ1n) is 10.8. The van der Waals surface area contributed by atoms with Gasteiger partial charge in [0.05, 0.1) is 36.5 Å². The Morgan fingerprint density at radius 3 is 2.69 bits per heavy atom. The van der Waals surface area contributed by atoms with Crippen LogP contribution >= 0.6 is 0 Å². The topological polar surface area (TPSA) is 140 Å². The van der Waals surface area contributed by atoms with E-state index in [-0.39, 0.29) is 41.4 Å². The van der Waals surface area contributed by atoms with Gasteiger partial charge in [-0.25, -0.2) is 19.5 Å². The molecule has 4 aromatic heterocycles. The molecule has 1 atom stereocenters. The zero-order chi connectivity index (χ0) is 25.7. The fourth-order valence-electron chi connectivity index (χ4n) is 4.12. The minimum Gasteiger partial charge on any atom is -0.495 e. The molecule has 0 saturated carbocycles. The van der Waals surface area contributed by atoms with Crippen molar-refractivity contribution in [3.8, 4) is 23.1 Å². The highest BCUT2D eigenvalue weighted by Gasteiger charge is 2.49. The van der Waals surface area contributed by atoms with E-state index in [1.54, 1.807) is 19.1 Å². The van der Waals surface area contributed by atoms with Gasteiger partial charge in [-0.2, -0.15) is 23.3 Å². The van der Waals surface area contributed by atoms with Crippen LogP contribution in [0.1, 0.15) is 36.7 Å². The third-order valence-electron chi connectivity index (χ3n) is 5.99. The number of aryl methyl sites for hydroxylation is 1. The predicted molar refractivity (Wildman–Crippen MR) is 118 cm³/mol. The number of aromatic hydroxyl groups is 1. The smallest absolute Gasteiger partial charge is 0.389 e. The van der Waals surface area contributed by atoms with Crippen molar-refractivity contribution in [2.24, 2.45) is 0 Å². The Balaban J connectivity index is 1.55. The number of rotatable bonds is 6. The maximum absolute atomic E-state index is 13.0. The number of anilines is 1. The molecule has 186 valence electrons. The van der Waals surface area contributed by atoms with Gasteiger partial charge >= 0.3 is 6.18 Å². The Labute approximate surface area is 201 Å². The van der Waals surface area contributed by atoms with E-state index in [2.05, 4.69) is 35.3 Å². The number of fused-ring (bicyclic) bond motifs is 2. The first-order valence-corrected chi connectivity index (χ1v) is 10.8. The van der Waals surface area contributed by atoms with Gasteiger partial charge in [0.25, 0.3) is 0 Å². The average Bonchev–Trinajstić information content (AvgIpc) is 3.41. The standard InChI is InChI=1S/C22H19F3N8O3/c1-21(14-6-5-11(36-2)8-26-14)15-17(32-20(21)35)30-16(31-19(15)34)13-9-33-18(27-10-28-33)12(29-13)4-3-7-22(23,24)25/h5-6,8-10H,3-4,7H2,1-2H3,(H2,30,31,32,34,35). The van der Waals surface area contributed by atoms with Crippen LogP contribution in [0.3, 0.4) is 0 Å². The van der Waals surface area contributed by atoms with Gasteiger partial charge in [-0.1, -0.05) is 0 Å². The minimum atomic E-state index is -4.29. The van der Waals surface area contributed by atoms with Crippen molar-refractivity contribution < 1.29 is 27.8 Å². The van der Waals surface area contributed by atoms with Crippen LogP contribution in [-0.4, -0.2) is 58.8 Å². The van der Waals surface area contributed by atoms with Crippen molar-refractivity contribution in [1.29, 1.82) is 0 Å². The molecule has 5 rings (SSSR count). The highest BCUT2D eigenvalue weighted by atomic mass is 19.4. The highest BCUT2D eigenvalue weighted by Crippen LogP contribution is 2.45. The normalized spacial score (nSPS) is 17.3. The number of carbonyl (C=O) groups excluding carboxylic acids is 1. The molecule has 36 heavy (non-hydrogen) atoms. The maximum Gasteiger partial charge on any atom is 0.389 e. The summed E-state index contributed by atoms with van der Waals surface area (Å²) >= 11 is 0. The van der Waals surface area contributed by atoms with Gasteiger partial charge in [0.15, 0.2) is 11.5 Å². The zero-order valence-electron chi connectivity index (χ0n) is 19.0. The summed E-state index contributed by atoms with van der Waals surface area (Å²) in [6.45, 7) is 1.59. The van der Waals surface area contributed by atoms with Gasteiger partial charge in [0.1, 0.15) is 29.0 Å². The van der Waals surface area contributed by atoms with Crippen molar-refractivity contribution in [2.75, 3.05) is 12.4 Å². The van der Waals surface area contributed by atoms with E-state index in [1.807, 2.05) is 0 Å². The number of amides is 1. The highest BCUT2D eigenvalue weighted by molar-refractivity contribution is 6.08. The summed E-state index contributed by atoms with van der Waals surface area (Å²) in [5.41, 5.74) is -0.178. The molecule has 0 spiro atoms. The third kappa shape index (κ3) is 3.93. The van der Waals surface area contributed by atoms with Crippen molar-refractivity contribution >= 4 is 17.4 Å². The molecule has 0 radical (unpaired) electrons. The van der Waals surface area contributed by atoms with E-state index in [1.165, 1.54) is 30.3 Å². The molecule has 0 fully saturated rings. The molecule has 5 heterocycles. The Morgan fingerprint density at radius 1 is 1.19 bits per heavy atom. The van der Waals surface area contributed by atoms with Gasteiger partial charge in [-0.05, 0) is 31.9 Å². The van der Waals surface area contributed by atoms with Crippen LogP contribution in [0.2, 0.25) is 0 Å². The van der Waals surface area contributed by atoms with Crippen LogP contribution in [-0.2, 0) is 16.6 Å². The molecular formula is C22H19F3N8O3. The summed E-state index contributed by atoms with van der Waals surface area (Å²) < 4.78 is 44.4. The van der Waals surface area contributed by atoms with E-state index in [4.69, 9.17) is 4.74 Å². The Hall–Kier alpha value is -4.36. The summed E-state index contributed by atoms with van der Waals surface area (Å²) in [5.74, 6) is -0.413. The predicted octanol–water partition coefficient (Wildman–Crippen LogP) is 2.83. The van der Waals surface area contributed by atoms with Crippen molar-refractivity contribution in [3.05, 3.63) is 47.8 Å². The number of pyridine rings is 1. The second-order valence-electron chi connectivity index (χ2n) is 8.33. The monoisotopic (exact) mass is 500 g/mol. The molecule has 1 unspecified atom stereocenters. The Morgan fingerprint density at radius 2 is 2.00 bits per heavy atom. The summed E-state index contributed by atoms with van der Waals surface area (Å²) in [6.07, 6.45) is -1.32. The molecule has 1 aliphatic rings. The Bertz CT molecular complexity index is 1470. The lowest BCUT2D eigenvalue weighted by Gasteiger charge is -2.21. The molecular weight excluding hydrogens is 481 g/mol. The molecule has 0 aliphatic carbocycles. The van der Waals surface area contributed by atoms with Crippen molar-refractivity contribution in [3.63, 3.8) is 0 Å². The number of halogens is 3. The van der Waals surface area contributed by atoms with E-state index >= 15 is 0 Å². The second kappa shape index (κ2) is 8.39. The molecule has 0 bridgehead atoms. The van der Waals surface area contributed by atoms with Crippen LogP contribution < -0.4 is 10.1 Å². The molecule has 4 aromatic rings. The number of nitrogens with zero attached hydrogens (tertiary/aromatic N) is 7. The number of alkyl halides is 3. The summed E-state index contributed by atoms with van der Waals surface area (Å²) in [6, 6.07) is 3.25. The lowest BCUT2D eigenvalue weighted by Crippen LogP contribution is -2.33. The quantitative estimate of drug-likeness (QED) is 0.409. The van der Waals surface area contributed by atoms with Crippen LogP contribution in [0.15, 0.2) is 30.9 Å². The van der Waals surface area contributed by atoms with Gasteiger partial charge in [0.2, 0.25) is 11.8 Å². The molecule has 1 amide bonds. The van der Waals surface area contributed by atoms with Gasteiger partial charge in [0, 0.05) is 6.42 Å². The molecule has 0 aromatic carbocycles. The first kappa shape index (κ1) is 23.4. The average molecular weight is 500 g/mol. The van der Waals surface area contributed by atoms with E-state index < -0.39 is 29.8 Å². The first-order chi connectivity index (χ1) is 17.1. The zero-order valence-corrected chi connectivity index (χ0v) is 19.0. The maximum atomic E-state index is 13.0. The van der Waals surface area contributed by atoms with Crippen molar-refractivity contribution in [2.45, 2.75) is 37.8 Å². The third-order valence-corrected chi connectivity index (χ3v) is 5.99. The van der Waals surface area contributed by atoms with E-state index in [0.717, 1.165) is 0 Å². The second-order valence-corrected chi connectivity index (χ2v) is 8.33. The molecule has 0 saturated heterocycles. The van der Waals surface area contributed by atoms with Gasteiger partial charge < -0.3 is 15.2 Å². The van der Waals surface area contributed by atoms with Gasteiger partial charge in [-0.15, -0.1) is 0 Å². The summed E-state index contributed by atoms with van der Waals surface area (Å²) in [5, 5.41) is 17.6. The summed E-state index contributed by atoms with van der Waals surface area (Å²) in [4.78, 5) is 34.3. The number of hydrogen-bond acceptors (Lipinski definition) is 9. The number of aromatic nitrogens is 7.